The Morgan fingerprint density at radius 2 is 1.81 bits per heavy atom. The van der Waals surface area contributed by atoms with Gasteiger partial charge in [-0.05, 0) is 49.7 Å². The lowest BCUT2D eigenvalue weighted by Crippen LogP contribution is -2.29. The molecule has 0 bridgehead atoms. The molecule has 0 aliphatic rings. The van der Waals surface area contributed by atoms with Gasteiger partial charge in [-0.25, -0.2) is 13.1 Å². The van der Waals surface area contributed by atoms with Crippen LogP contribution in [0.1, 0.15) is 29.9 Å². The molecule has 0 saturated heterocycles. The van der Waals surface area contributed by atoms with Gasteiger partial charge in [-0.3, -0.25) is 14.7 Å². The molecule has 4 aromatic rings. The molecule has 0 saturated carbocycles. The fourth-order valence-corrected chi connectivity index (χ4v) is 6.47. The first-order valence-electron chi connectivity index (χ1n) is 10.9. The van der Waals surface area contributed by atoms with Crippen molar-refractivity contribution in [3.05, 3.63) is 104 Å². The molecule has 1 heterocycles. The van der Waals surface area contributed by atoms with Crippen LogP contribution in [-0.4, -0.2) is 28.1 Å². The number of hydrogen-bond donors (Lipinski definition) is 1. The molecule has 0 amide bonds. The maximum Gasteiger partial charge on any atom is 0.269 e. The lowest BCUT2D eigenvalue weighted by atomic mass is 10.2. The number of nitrogens with zero attached hydrogens (tertiary/aromatic N) is 4. The number of benzene rings is 3. The van der Waals surface area contributed by atoms with E-state index in [0.29, 0.717) is 22.4 Å². The number of nitrogens with one attached hydrogen (secondary N) is 1. The lowest BCUT2D eigenvalue weighted by molar-refractivity contribution is -0.384. The van der Waals surface area contributed by atoms with Crippen molar-refractivity contribution < 1.29 is 13.3 Å². The van der Waals surface area contributed by atoms with E-state index < -0.39 is 21.0 Å². The van der Waals surface area contributed by atoms with Gasteiger partial charge in [0, 0.05) is 28.6 Å². The molecule has 13 heteroatoms. The van der Waals surface area contributed by atoms with Crippen molar-refractivity contribution in [1.82, 2.24) is 19.5 Å². The van der Waals surface area contributed by atoms with Crippen LogP contribution in [-0.2, 0) is 15.8 Å². The molecule has 1 unspecified atom stereocenters. The summed E-state index contributed by atoms with van der Waals surface area (Å²) in [5.41, 5.74) is 2.67. The molecule has 0 spiro atoms. The van der Waals surface area contributed by atoms with Gasteiger partial charge in [0.05, 0.1) is 16.0 Å². The zero-order chi connectivity index (χ0) is 26.7. The highest BCUT2D eigenvalue weighted by Crippen LogP contribution is 2.30. The Balaban J connectivity index is 1.70. The molecule has 1 aromatic heterocycles. The average molecular weight is 579 g/mol. The molecular weight excluding hydrogens is 557 g/mol. The predicted octanol–water partition coefficient (Wildman–Crippen LogP) is 6.12. The fourth-order valence-electron chi connectivity index (χ4n) is 3.60. The molecule has 0 aliphatic carbocycles. The number of sulfonamides is 1. The van der Waals surface area contributed by atoms with Crippen LogP contribution >= 0.6 is 35.0 Å². The van der Waals surface area contributed by atoms with Crippen molar-refractivity contribution in [2.75, 3.05) is 0 Å². The van der Waals surface area contributed by atoms with Gasteiger partial charge in [-0.2, -0.15) is 0 Å². The molecular formula is C24H21Cl2N5O4S2. The summed E-state index contributed by atoms with van der Waals surface area (Å²) >= 11 is 13.5. The third kappa shape index (κ3) is 6.31. The summed E-state index contributed by atoms with van der Waals surface area (Å²) in [6, 6.07) is 17.2. The van der Waals surface area contributed by atoms with E-state index in [0.717, 1.165) is 11.1 Å². The van der Waals surface area contributed by atoms with Gasteiger partial charge < -0.3 is 0 Å². The van der Waals surface area contributed by atoms with Crippen LogP contribution in [0, 0.1) is 17.0 Å². The minimum Gasteiger partial charge on any atom is -0.273 e. The van der Waals surface area contributed by atoms with Crippen LogP contribution in [0.25, 0.3) is 5.69 Å². The zero-order valence-corrected chi connectivity index (χ0v) is 22.8. The summed E-state index contributed by atoms with van der Waals surface area (Å²) in [5, 5.41) is 20.5. The zero-order valence-electron chi connectivity index (χ0n) is 19.6. The second-order valence-electron chi connectivity index (χ2n) is 8.15. The first kappa shape index (κ1) is 27.1. The lowest BCUT2D eigenvalue weighted by Gasteiger charge is -2.17. The van der Waals surface area contributed by atoms with E-state index in [2.05, 4.69) is 21.0 Å². The first-order valence-corrected chi connectivity index (χ1v) is 14.1. The standard InChI is InChI=1S/C24H21Cl2N5O4S2/c1-15-4-3-5-17(12-15)14-36-24-28-27-23(30(24)19-7-9-20(10-8-19)31(32)33)16(2)29-37(34,35)22-13-18(25)6-11-21(22)26/h3-13,16,29H,14H2,1-2H3. The van der Waals surface area contributed by atoms with Gasteiger partial charge in [-0.15, -0.1) is 10.2 Å². The fraction of sp³-hybridized carbons (Fsp3) is 0.167. The quantitative estimate of drug-likeness (QED) is 0.144. The summed E-state index contributed by atoms with van der Waals surface area (Å²) in [5.74, 6) is 0.882. The van der Waals surface area contributed by atoms with Crippen LogP contribution in [0.3, 0.4) is 0 Å². The average Bonchev–Trinajstić information content (AvgIpc) is 3.28. The topological polar surface area (TPSA) is 120 Å². The minimum atomic E-state index is -4.07. The number of non-ortho nitro benzene ring substituents is 1. The number of hydrogen-bond acceptors (Lipinski definition) is 7. The number of rotatable bonds is 9. The predicted molar refractivity (Wildman–Crippen MR) is 144 cm³/mol. The Bertz CT molecular complexity index is 1560. The molecule has 1 atom stereocenters. The van der Waals surface area contributed by atoms with Crippen molar-refractivity contribution in [2.24, 2.45) is 0 Å². The number of thioether (sulfide) groups is 1. The number of halogens is 2. The van der Waals surface area contributed by atoms with Crippen LogP contribution in [0.4, 0.5) is 5.69 Å². The summed E-state index contributed by atoms with van der Waals surface area (Å²) < 4.78 is 30.5. The second-order valence-corrected chi connectivity index (χ2v) is 11.6. The highest BCUT2D eigenvalue weighted by atomic mass is 35.5. The Labute approximate surface area is 228 Å². The van der Waals surface area contributed by atoms with Gasteiger partial charge in [0.15, 0.2) is 11.0 Å². The highest BCUT2D eigenvalue weighted by molar-refractivity contribution is 7.98. The van der Waals surface area contributed by atoms with E-state index in [9.17, 15) is 18.5 Å². The molecule has 9 nitrogen and oxygen atoms in total. The molecule has 192 valence electrons. The van der Waals surface area contributed by atoms with E-state index in [1.54, 1.807) is 23.6 Å². The molecule has 4 rings (SSSR count). The molecule has 3 aromatic carbocycles. The Morgan fingerprint density at radius 3 is 2.49 bits per heavy atom. The second kappa shape index (κ2) is 11.2. The molecule has 1 N–H and O–H groups in total. The normalized spacial score (nSPS) is 12.4. The van der Waals surface area contributed by atoms with Crippen molar-refractivity contribution >= 4 is 50.7 Å². The van der Waals surface area contributed by atoms with Gasteiger partial charge in [0.2, 0.25) is 10.0 Å². The van der Waals surface area contributed by atoms with Crippen molar-refractivity contribution in [3.63, 3.8) is 0 Å². The Morgan fingerprint density at radius 1 is 1.08 bits per heavy atom. The number of aryl methyl sites for hydroxylation is 1. The third-order valence-electron chi connectivity index (χ3n) is 5.33. The van der Waals surface area contributed by atoms with Gasteiger partial charge >= 0.3 is 0 Å². The number of aromatic nitrogens is 3. The smallest absolute Gasteiger partial charge is 0.269 e. The van der Waals surface area contributed by atoms with E-state index in [1.165, 1.54) is 42.1 Å². The number of nitro benzene ring substituents is 1. The third-order valence-corrected chi connectivity index (χ3v) is 8.59. The maximum absolute atomic E-state index is 13.1. The van der Waals surface area contributed by atoms with Crippen LogP contribution in [0.15, 0.2) is 76.8 Å². The van der Waals surface area contributed by atoms with E-state index in [1.807, 2.05) is 25.1 Å². The highest BCUT2D eigenvalue weighted by Gasteiger charge is 2.26. The van der Waals surface area contributed by atoms with Gasteiger partial charge in [0.25, 0.3) is 5.69 Å². The summed E-state index contributed by atoms with van der Waals surface area (Å²) in [6.45, 7) is 3.63. The van der Waals surface area contributed by atoms with Gasteiger partial charge in [-0.1, -0.05) is 64.8 Å². The summed E-state index contributed by atoms with van der Waals surface area (Å²) in [7, 11) is -4.07. The van der Waals surface area contributed by atoms with Crippen molar-refractivity contribution in [1.29, 1.82) is 0 Å². The van der Waals surface area contributed by atoms with Gasteiger partial charge in [0.1, 0.15) is 4.90 Å². The number of nitro groups is 1. The summed E-state index contributed by atoms with van der Waals surface area (Å²) in [4.78, 5) is 10.5. The molecule has 0 radical (unpaired) electrons. The largest absolute Gasteiger partial charge is 0.273 e. The maximum atomic E-state index is 13.1. The first-order chi connectivity index (χ1) is 17.5. The minimum absolute atomic E-state index is 0.0235. The Hall–Kier alpha value is -2.96. The van der Waals surface area contributed by atoms with Crippen LogP contribution in [0.5, 0.6) is 0 Å². The van der Waals surface area contributed by atoms with Crippen molar-refractivity contribution in [3.8, 4) is 5.69 Å². The summed E-state index contributed by atoms with van der Waals surface area (Å²) in [6.07, 6.45) is 0. The van der Waals surface area contributed by atoms with E-state index in [4.69, 9.17) is 23.2 Å². The SMILES string of the molecule is Cc1cccc(CSc2nnc(C(C)NS(=O)(=O)c3cc(Cl)ccc3Cl)n2-c2ccc([N+](=O)[O-])cc2)c1. The Kier molecular flexibility index (Phi) is 8.20. The monoisotopic (exact) mass is 577 g/mol. The van der Waals surface area contributed by atoms with E-state index in [-0.39, 0.29) is 20.6 Å². The molecule has 37 heavy (non-hydrogen) atoms. The van der Waals surface area contributed by atoms with Crippen molar-refractivity contribution in [2.45, 2.75) is 35.7 Å². The van der Waals surface area contributed by atoms with E-state index >= 15 is 0 Å². The van der Waals surface area contributed by atoms with Crippen LogP contribution in [0.2, 0.25) is 10.0 Å². The molecule has 0 aliphatic heterocycles. The van der Waals surface area contributed by atoms with Crippen LogP contribution < -0.4 is 4.72 Å². The molecule has 0 fully saturated rings.